The molecule has 7 amide bonds. The van der Waals surface area contributed by atoms with Crippen molar-refractivity contribution < 1.29 is 58.5 Å². The van der Waals surface area contributed by atoms with Gasteiger partial charge in [-0.2, -0.15) is 0 Å². The van der Waals surface area contributed by atoms with Crippen LogP contribution in [0.3, 0.4) is 0 Å². The maximum atomic E-state index is 14.1. The van der Waals surface area contributed by atoms with Gasteiger partial charge in [-0.15, -0.1) is 0 Å². The Morgan fingerprint density at radius 1 is 0.654 bits per heavy atom. The molecule has 25 nitrogen and oxygen atoms in total. The number of halogens is 1. The maximum Gasteiger partial charge on any atom is 0.326 e. The van der Waals surface area contributed by atoms with Crippen LogP contribution >= 0.6 is 28.1 Å². The molecule has 1 aliphatic carbocycles. The molecule has 1 heterocycles. The number of nitrogens with two attached hydrogens (primary N) is 4. The summed E-state index contributed by atoms with van der Waals surface area (Å²) in [5, 5.41) is 39.5. The Morgan fingerprint density at radius 3 is 1.71 bits per heavy atom. The Labute approximate surface area is 467 Å². The Kier molecular flexibility index (Phi) is 27.1. The minimum absolute atomic E-state index is 0.000708. The number of aliphatic carboxylic acids is 3. The van der Waals surface area contributed by atoms with E-state index < -0.39 is 66.1 Å². The molecule has 4 rings (SSSR count). The smallest absolute Gasteiger partial charge is 0.326 e. The van der Waals surface area contributed by atoms with E-state index in [1.54, 1.807) is 4.90 Å². The molecule has 15 N–H and O–H groups in total. The lowest BCUT2D eigenvalue weighted by Gasteiger charge is -2.38. The van der Waals surface area contributed by atoms with Crippen LogP contribution in [0.15, 0.2) is 53.0 Å². The summed E-state index contributed by atoms with van der Waals surface area (Å²) in [6.45, 7) is 3.62. The quantitative estimate of drug-likeness (QED) is 0.0391. The third-order valence-electron chi connectivity index (χ3n) is 13.7. The van der Waals surface area contributed by atoms with Crippen LogP contribution in [-0.4, -0.2) is 202 Å². The lowest BCUT2D eigenvalue weighted by Crippen LogP contribution is -2.54. The number of carbonyl (C=O) groups excluding carboxylic acids is 6. The van der Waals surface area contributed by atoms with E-state index in [2.05, 4.69) is 37.2 Å². The molecule has 1 aliphatic heterocycles. The van der Waals surface area contributed by atoms with Crippen molar-refractivity contribution in [2.24, 2.45) is 34.8 Å². The molecule has 1 unspecified atom stereocenters. The van der Waals surface area contributed by atoms with Gasteiger partial charge in [0.1, 0.15) is 12.1 Å². The number of thiocarbonyl (C=S) groups is 1. The Hall–Kier alpha value is -6.52. The second-order valence-corrected chi connectivity index (χ2v) is 21.3. The molecule has 2 aromatic carbocycles. The first kappa shape index (κ1) is 64.0. The summed E-state index contributed by atoms with van der Waals surface area (Å²) in [4.78, 5) is 119. The molecule has 0 spiro atoms. The standard InChI is InChI=1S/C51H76BrN13O12S/c52-37-12-6-35(7-13-37)27-65(18-2-1-3-40(48(73)74)59-50(77)60-41(49(75)76)16-17-46(70)71)47(72)36-10-4-34(5-11-36)26-57-51(78)58-38-14-8-33(9-15-38)25-39-28-63(31-44(55)68)22-21-61(29-42(53)66)19-20-62(30-43(54)67)23-24-64(39)32-45(56)69/h6-9,12-15,34,36,39-41H,1-5,10-11,16-32H2,(H2,53,66)(H2,54,67)(H2,55,68)(H2,56,69)(H,70,71)(H,73,74)(H,75,76)(H2,57,58,78)(H2,59,60,77)/t34?,36?,39?,40-,41-/m0/s1. The zero-order valence-corrected chi connectivity index (χ0v) is 46.2. The summed E-state index contributed by atoms with van der Waals surface area (Å²) in [5.41, 5.74) is 25.1. The van der Waals surface area contributed by atoms with Gasteiger partial charge in [0, 0.05) is 94.0 Å². The van der Waals surface area contributed by atoms with Crippen LogP contribution in [0.5, 0.6) is 0 Å². The fraction of sp³-hybridized carbons (Fsp3) is 0.569. The van der Waals surface area contributed by atoms with Gasteiger partial charge in [-0.1, -0.05) is 40.2 Å². The van der Waals surface area contributed by atoms with Gasteiger partial charge >= 0.3 is 23.9 Å². The van der Waals surface area contributed by atoms with Crippen molar-refractivity contribution in [3.8, 4) is 0 Å². The summed E-state index contributed by atoms with van der Waals surface area (Å²) in [6.07, 6.45) is 3.17. The lowest BCUT2D eigenvalue weighted by atomic mass is 9.81. The minimum Gasteiger partial charge on any atom is -0.481 e. The average molecular weight is 1180 g/mol. The van der Waals surface area contributed by atoms with Crippen molar-refractivity contribution in [1.82, 2.24) is 40.4 Å². The molecule has 27 heteroatoms. The molecular weight excluding hydrogens is 1100 g/mol. The molecule has 0 bridgehead atoms. The normalized spacial score (nSPS) is 18.9. The van der Waals surface area contributed by atoms with Gasteiger partial charge in [-0.3, -0.25) is 48.4 Å². The fourth-order valence-corrected chi connectivity index (χ4v) is 10.1. The first-order chi connectivity index (χ1) is 37.0. The molecule has 2 fully saturated rings. The van der Waals surface area contributed by atoms with Crippen LogP contribution in [0.2, 0.25) is 0 Å². The van der Waals surface area contributed by atoms with Crippen molar-refractivity contribution in [3.05, 3.63) is 64.1 Å². The largest absolute Gasteiger partial charge is 0.481 e. The topological polar surface area (TPSA) is 383 Å². The van der Waals surface area contributed by atoms with E-state index in [4.69, 9.17) is 40.3 Å². The maximum absolute atomic E-state index is 14.1. The predicted octanol–water partition coefficient (Wildman–Crippen LogP) is -0.115. The third-order valence-corrected chi connectivity index (χ3v) is 14.5. The number of nitrogens with one attached hydrogen (secondary N) is 4. The highest BCUT2D eigenvalue weighted by Crippen LogP contribution is 2.31. The monoisotopic (exact) mass is 1170 g/mol. The van der Waals surface area contributed by atoms with Gasteiger partial charge in [-0.05, 0) is 111 Å². The number of carboxylic acid groups (broad SMARTS) is 3. The number of hydrogen-bond acceptors (Lipinski definition) is 14. The van der Waals surface area contributed by atoms with E-state index in [9.17, 15) is 53.4 Å². The molecule has 0 aromatic heterocycles. The number of carbonyl (C=O) groups is 9. The Bertz CT molecular complexity index is 2360. The number of rotatable bonds is 28. The van der Waals surface area contributed by atoms with Gasteiger partial charge in [0.25, 0.3) is 0 Å². The molecule has 1 saturated carbocycles. The lowest BCUT2D eigenvalue weighted by molar-refractivity contribution is -0.141. The van der Waals surface area contributed by atoms with Gasteiger partial charge in [0.15, 0.2) is 5.11 Å². The Morgan fingerprint density at radius 2 is 1.17 bits per heavy atom. The van der Waals surface area contributed by atoms with Crippen LogP contribution in [0.1, 0.15) is 68.9 Å². The SMILES string of the molecule is NC(=O)CN1CCN(CC(N)=O)CCN(CC(N)=O)C(Cc2ccc(NC(=S)NCC3CCC(C(=O)N(CCCC[C@H](NC(=O)N[C@@H](CCC(=O)O)C(=O)O)C(=O)O)Cc4ccc(Br)cc4)CC3)cc2)CN(CC(N)=O)CC1. The van der Waals surface area contributed by atoms with E-state index in [1.807, 2.05) is 68.1 Å². The highest BCUT2D eigenvalue weighted by molar-refractivity contribution is 9.10. The first-order valence-corrected chi connectivity index (χ1v) is 27.2. The molecule has 3 atom stereocenters. The van der Waals surface area contributed by atoms with E-state index in [0.717, 1.165) is 34.1 Å². The van der Waals surface area contributed by atoms with Crippen molar-refractivity contribution in [2.75, 3.05) is 90.4 Å². The predicted molar refractivity (Wildman–Crippen MR) is 296 cm³/mol. The van der Waals surface area contributed by atoms with Gasteiger partial charge in [0.05, 0.1) is 26.2 Å². The number of carboxylic acids is 3. The van der Waals surface area contributed by atoms with Crippen molar-refractivity contribution in [3.63, 3.8) is 0 Å². The highest BCUT2D eigenvalue weighted by atomic mass is 79.9. The van der Waals surface area contributed by atoms with Crippen LogP contribution in [-0.2, 0) is 51.3 Å². The fourth-order valence-electron chi connectivity index (χ4n) is 9.62. The zero-order chi connectivity index (χ0) is 57.3. The van der Waals surface area contributed by atoms with E-state index >= 15 is 0 Å². The number of primary amides is 4. The average Bonchev–Trinajstić information content (AvgIpc) is 3.37. The van der Waals surface area contributed by atoms with Crippen molar-refractivity contribution >= 4 is 92.4 Å². The number of benzene rings is 2. The molecule has 0 radical (unpaired) electrons. The van der Waals surface area contributed by atoms with Crippen LogP contribution in [0.4, 0.5) is 10.5 Å². The Balaban J connectivity index is 1.33. The number of anilines is 1. The van der Waals surface area contributed by atoms with Crippen LogP contribution in [0.25, 0.3) is 0 Å². The molecule has 2 aromatic rings. The second-order valence-electron chi connectivity index (χ2n) is 19.9. The van der Waals surface area contributed by atoms with Crippen LogP contribution in [0, 0.1) is 11.8 Å². The molecule has 430 valence electrons. The summed E-state index contributed by atoms with van der Waals surface area (Å²) in [7, 11) is 0. The van der Waals surface area contributed by atoms with E-state index in [0.29, 0.717) is 103 Å². The number of amides is 7. The number of urea groups is 1. The summed E-state index contributed by atoms with van der Waals surface area (Å²) in [5.74, 6) is -6.14. The molecular formula is C51H76BrN13O12S. The number of hydrogen-bond donors (Lipinski definition) is 11. The number of unbranched alkanes of at least 4 members (excludes halogenated alkanes) is 1. The third kappa shape index (κ3) is 24.4. The van der Waals surface area contributed by atoms with Gasteiger partial charge < -0.3 is 64.4 Å². The first-order valence-electron chi connectivity index (χ1n) is 26.0. The van der Waals surface area contributed by atoms with Crippen LogP contribution < -0.4 is 44.2 Å². The highest BCUT2D eigenvalue weighted by Gasteiger charge is 2.31. The number of nitrogens with zero attached hydrogens (tertiary/aromatic N) is 5. The van der Waals surface area contributed by atoms with E-state index in [-0.39, 0.29) is 62.8 Å². The van der Waals surface area contributed by atoms with Gasteiger partial charge in [0.2, 0.25) is 29.5 Å². The second kappa shape index (κ2) is 33.0. The van der Waals surface area contributed by atoms with Crippen molar-refractivity contribution in [2.45, 2.75) is 88.9 Å². The summed E-state index contributed by atoms with van der Waals surface area (Å²) in [6, 6.07) is 11.0. The summed E-state index contributed by atoms with van der Waals surface area (Å²) >= 11 is 9.14. The zero-order valence-electron chi connectivity index (χ0n) is 43.8. The summed E-state index contributed by atoms with van der Waals surface area (Å²) < 4.78 is 0.884. The minimum atomic E-state index is -1.52. The van der Waals surface area contributed by atoms with Crippen molar-refractivity contribution in [1.29, 1.82) is 0 Å². The van der Waals surface area contributed by atoms with Gasteiger partial charge in [-0.25, -0.2) is 14.4 Å². The molecule has 78 heavy (non-hydrogen) atoms. The molecule has 1 saturated heterocycles. The van der Waals surface area contributed by atoms with E-state index in [1.165, 1.54) is 0 Å². The molecule has 2 aliphatic rings.